The summed E-state index contributed by atoms with van der Waals surface area (Å²) in [5.74, 6) is 0.833. The van der Waals surface area contributed by atoms with E-state index in [1.807, 2.05) is 6.20 Å². The van der Waals surface area contributed by atoms with E-state index in [9.17, 15) is 0 Å². The third-order valence-corrected chi connectivity index (χ3v) is 2.72. The maximum absolute atomic E-state index is 5.58. The van der Waals surface area contributed by atoms with Crippen molar-refractivity contribution in [3.8, 4) is 0 Å². The van der Waals surface area contributed by atoms with Crippen LogP contribution in [0.1, 0.15) is 13.3 Å². The minimum Gasteiger partial charge on any atom is -0.488 e. The summed E-state index contributed by atoms with van der Waals surface area (Å²) >= 11 is 0. The molecule has 0 amide bonds. The highest BCUT2D eigenvalue weighted by Gasteiger charge is 2.17. The molecule has 2 atom stereocenters. The summed E-state index contributed by atoms with van der Waals surface area (Å²) in [6.45, 7) is 8.84. The highest BCUT2D eigenvalue weighted by molar-refractivity contribution is 5.23. The number of hydrogen-bond donors (Lipinski definition) is 3. The molecule has 2 aliphatic heterocycles. The highest BCUT2D eigenvalue weighted by Crippen LogP contribution is 2.13. The van der Waals surface area contributed by atoms with Crippen LogP contribution in [0.4, 0.5) is 0 Å². The SMILES string of the molecule is C=C1N[C@@H](C)CO/C1=C\N[C@@H]1CCNC1. The quantitative estimate of drug-likeness (QED) is 0.612. The normalized spacial score (nSPS) is 33.7. The van der Waals surface area contributed by atoms with E-state index in [0.717, 1.165) is 24.5 Å². The van der Waals surface area contributed by atoms with Gasteiger partial charge in [0.05, 0.1) is 11.7 Å². The zero-order chi connectivity index (χ0) is 10.7. The van der Waals surface area contributed by atoms with Gasteiger partial charge < -0.3 is 20.7 Å². The van der Waals surface area contributed by atoms with Gasteiger partial charge in [0.15, 0.2) is 5.76 Å². The third-order valence-electron chi connectivity index (χ3n) is 2.72. The van der Waals surface area contributed by atoms with Crippen LogP contribution in [-0.4, -0.2) is 31.8 Å². The summed E-state index contributed by atoms with van der Waals surface area (Å²) < 4.78 is 5.58. The maximum Gasteiger partial charge on any atom is 0.157 e. The highest BCUT2D eigenvalue weighted by atomic mass is 16.5. The van der Waals surface area contributed by atoms with Gasteiger partial charge in [-0.3, -0.25) is 0 Å². The van der Waals surface area contributed by atoms with Gasteiger partial charge in [-0.2, -0.15) is 0 Å². The van der Waals surface area contributed by atoms with Crippen molar-refractivity contribution in [3.05, 3.63) is 24.2 Å². The monoisotopic (exact) mass is 209 g/mol. The second-order valence-corrected chi connectivity index (χ2v) is 4.20. The molecule has 3 N–H and O–H groups in total. The molecule has 0 bridgehead atoms. The van der Waals surface area contributed by atoms with Crippen molar-refractivity contribution in [3.63, 3.8) is 0 Å². The van der Waals surface area contributed by atoms with Gasteiger partial charge in [0.1, 0.15) is 6.61 Å². The van der Waals surface area contributed by atoms with Gasteiger partial charge in [-0.05, 0) is 19.9 Å². The molecule has 84 valence electrons. The number of morpholine rings is 1. The summed E-state index contributed by atoms with van der Waals surface area (Å²) in [4.78, 5) is 0. The largest absolute Gasteiger partial charge is 0.488 e. The van der Waals surface area contributed by atoms with Gasteiger partial charge >= 0.3 is 0 Å². The Morgan fingerprint density at radius 1 is 1.60 bits per heavy atom. The molecular formula is C11H19N3O. The number of nitrogens with one attached hydrogen (secondary N) is 3. The third kappa shape index (κ3) is 2.65. The van der Waals surface area contributed by atoms with E-state index in [2.05, 4.69) is 29.5 Å². The van der Waals surface area contributed by atoms with Crippen LogP contribution < -0.4 is 16.0 Å². The van der Waals surface area contributed by atoms with Crippen LogP contribution in [-0.2, 0) is 4.74 Å². The Kier molecular flexibility index (Phi) is 3.16. The average molecular weight is 209 g/mol. The smallest absolute Gasteiger partial charge is 0.157 e. The van der Waals surface area contributed by atoms with Crippen molar-refractivity contribution in [2.24, 2.45) is 0 Å². The molecule has 2 aliphatic rings. The number of rotatable bonds is 2. The lowest BCUT2D eigenvalue weighted by Crippen LogP contribution is -2.37. The van der Waals surface area contributed by atoms with Crippen LogP contribution in [0.25, 0.3) is 0 Å². The first kappa shape index (κ1) is 10.4. The summed E-state index contributed by atoms with van der Waals surface area (Å²) in [6.07, 6.45) is 3.10. The Morgan fingerprint density at radius 2 is 2.47 bits per heavy atom. The zero-order valence-electron chi connectivity index (χ0n) is 9.18. The minimum absolute atomic E-state index is 0.350. The predicted octanol–water partition coefficient (Wildman–Crippen LogP) is 0.301. The van der Waals surface area contributed by atoms with E-state index in [4.69, 9.17) is 4.74 Å². The Hall–Kier alpha value is -1.16. The molecule has 0 radical (unpaired) electrons. The van der Waals surface area contributed by atoms with Crippen LogP contribution in [0.3, 0.4) is 0 Å². The molecule has 4 heteroatoms. The average Bonchev–Trinajstić information content (AvgIpc) is 2.69. The lowest BCUT2D eigenvalue weighted by molar-refractivity contribution is 0.164. The first-order valence-electron chi connectivity index (χ1n) is 5.51. The summed E-state index contributed by atoms with van der Waals surface area (Å²) in [6, 6.07) is 0.871. The van der Waals surface area contributed by atoms with E-state index in [0.29, 0.717) is 18.7 Å². The van der Waals surface area contributed by atoms with E-state index < -0.39 is 0 Å². The summed E-state index contributed by atoms with van der Waals surface area (Å²) in [5, 5.41) is 9.92. The lowest BCUT2D eigenvalue weighted by Gasteiger charge is -2.26. The van der Waals surface area contributed by atoms with Gasteiger partial charge in [-0.15, -0.1) is 0 Å². The minimum atomic E-state index is 0.350. The number of hydrogen-bond acceptors (Lipinski definition) is 4. The van der Waals surface area contributed by atoms with Gasteiger partial charge in [-0.25, -0.2) is 0 Å². The standard InChI is InChI=1S/C11H19N3O/c1-8-7-15-11(9(2)14-8)6-13-10-3-4-12-5-10/h6,8,10,12-14H,2-5,7H2,1H3/b11-6-/t8-,10+/m0/s1. The van der Waals surface area contributed by atoms with Crippen LogP contribution in [0.5, 0.6) is 0 Å². The molecule has 2 heterocycles. The van der Waals surface area contributed by atoms with Crippen molar-refractivity contribution in [2.45, 2.75) is 25.4 Å². The van der Waals surface area contributed by atoms with E-state index in [-0.39, 0.29) is 0 Å². The molecule has 0 aromatic heterocycles. The molecule has 2 saturated heterocycles. The second-order valence-electron chi connectivity index (χ2n) is 4.20. The van der Waals surface area contributed by atoms with Crippen molar-refractivity contribution >= 4 is 0 Å². The van der Waals surface area contributed by atoms with Crippen molar-refractivity contribution in [2.75, 3.05) is 19.7 Å². The van der Waals surface area contributed by atoms with E-state index in [1.54, 1.807) is 0 Å². The van der Waals surface area contributed by atoms with E-state index in [1.165, 1.54) is 6.42 Å². The van der Waals surface area contributed by atoms with Gasteiger partial charge in [0.25, 0.3) is 0 Å². The molecule has 0 unspecified atom stereocenters. The van der Waals surface area contributed by atoms with Gasteiger partial charge in [-0.1, -0.05) is 6.58 Å². The molecule has 15 heavy (non-hydrogen) atoms. The second kappa shape index (κ2) is 4.57. The topological polar surface area (TPSA) is 45.3 Å². The first-order valence-corrected chi connectivity index (χ1v) is 5.51. The molecule has 0 aromatic rings. The van der Waals surface area contributed by atoms with Crippen molar-refractivity contribution in [1.82, 2.24) is 16.0 Å². The van der Waals surface area contributed by atoms with Crippen LogP contribution in [0, 0.1) is 0 Å². The fraction of sp³-hybridized carbons (Fsp3) is 0.636. The van der Waals surface area contributed by atoms with Crippen LogP contribution >= 0.6 is 0 Å². The summed E-state index contributed by atoms with van der Waals surface area (Å²) in [7, 11) is 0. The Balaban J connectivity index is 1.86. The molecule has 2 fully saturated rings. The first-order chi connectivity index (χ1) is 7.25. The fourth-order valence-corrected chi connectivity index (χ4v) is 1.83. The van der Waals surface area contributed by atoms with Crippen molar-refractivity contribution in [1.29, 1.82) is 0 Å². The van der Waals surface area contributed by atoms with Gasteiger partial charge in [0, 0.05) is 18.8 Å². The van der Waals surface area contributed by atoms with Crippen LogP contribution in [0.15, 0.2) is 24.2 Å². The van der Waals surface area contributed by atoms with E-state index >= 15 is 0 Å². The maximum atomic E-state index is 5.58. The Labute approximate surface area is 90.8 Å². The lowest BCUT2D eigenvalue weighted by atomic mass is 10.2. The molecular weight excluding hydrogens is 190 g/mol. The predicted molar refractivity (Wildman–Crippen MR) is 60.2 cm³/mol. The Morgan fingerprint density at radius 3 is 3.13 bits per heavy atom. The zero-order valence-corrected chi connectivity index (χ0v) is 9.18. The molecule has 4 nitrogen and oxygen atoms in total. The Bertz CT molecular complexity index is 269. The molecule has 2 rings (SSSR count). The number of ether oxygens (including phenoxy) is 1. The molecule has 0 aliphatic carbocycles. The van der Waals surface area contributed by atoms with Gasteiger partial charge in [0.2, 0.25) is 0 Å². The summed E-state index contributed by atoms with van der Waals surface area (Å²) in [5.41, 5.74) is 0.868. The van der Waals surface area contributed by atoms with Crippen molar-refractivity contribution < 1.29 is 4.74 Å². The molecule has 0 aromatic carbocycles. The molecule has 0 saturated carbocycles. The van der Waals surface area contributed by atoms with Crippen LogP contribution in [0.2, 0.25) is 0 Å². The molecule has 0 spiro atoms. The fourth-order valence-electron chi connectivity index (χ4n) is 1.83.